The van der Waals surface area contributed by atoms with E-state index in [1.807, 2.05) is 12.1 Å². The van der Waals surface area contributed by atoms with Crippen LogP contribution < -0.4 is 0 Å². The molecule has 0 aromatic heterocycles. The highest BCUT2D eigenvalue weighted by Gasteiger charge is 2.54. The van der Waals surface area contributed by atoms with Crippen LogP contribution in [0.2, 0.25) is 0 Å². The van der Waals surface area contributed by atoms with Gasteiger partial charge >= 0.3 is 6.18 Å². The quantitative estimate of drug-likeness (QED) is 0.262. The molecule has 3 aromatic carbocycles. The zero-order chi connectivity index (χ0) is 23.1. The van der Waals surface area contributed by atoms with E-state index in [4.69, 9.17) is 0 Å². The van der Waals surface area contributed by atoms with Gasteiger partial charge in [-0.3, -0.25) is 0 Å². The van der Waals surface area contributed by atoms with Crippen molar-refractivity contribution < 1.29 is 13.2 Å². The number of halogens is 5. The first-order chi connectivity index (χ1) is 15.2. The van der Waals surface area contributed by atoms with Gasteiger partial charge in [0.2, 0.25) is 0 Å². The third-order valence-corrected chi connectivity index (χ3v) is 7.85. The molecule has 0 bridgehead atoms. The van der Waals surface area contributed by atoms with E-state index in [2.05, 4.69) is 57.0 Å². The van der Waals surface area contributed by atoms with Gasteiger partial charge in [-0.1, -0.05) is 104 Å². The lowest BCUT2D eigenvalue weighted by Crippen LogP contribution is -2.41. The molecule has 0 radical (unpaired) electrons. The van der Waals surface area contributed by atoms with Crippen LogP contribution >= 0.6 is 31.9 Å². The molecule has 32 heavy (non-hydrogen) atoms. The molecule has 0 aliphatic heterocycles. The van der Waals surface area contributed by atoms with Gasteiger partial charge in [-0.25, -0.2) is 0 Å². The fourth-order valence-electron chi connectivity index (χ4n) is 5.17. The highest BCUT2D eigenvalue weighted by Crippen LogP contribution is 2.55. The van der Waals surface area contributed by atoms with Crippen molar-refractivity contribution in [3.8, 4) is 11.1 Å². The number of benzene rings is 3. The normalized spacial score (nSPS) is 16.3. The maximum absolute atomic E-state index is 14.6. The molecular weight excluding hydrogens is 541 g/mol. The third kappa shape index (κ3) is 3.56. The summed E-state index contributed by atoms with van der Waals surface area (Å²) in [5.41, 5.74) is 3.67. The van der Waals surface area contributed by atoms with Crippen molar-refractivity contribution in [1.29, 1.82) is 0 Å². The molecule has 0 amide bonds. The van der Waals surface area contributed by atoms with Crippen molar-refractivity contribution in [2.24, 2.45) is 0 Å². The molecule has 5 heteroatoms. The summed E-state index contributed by atoms with van der Waals surface area (Å²) in [4.78, 5) is 0. The van der Waals surface area contributed by atoms with Crippen LogP contribution in [0.5, 0.6) is 0 Å². The van der Waals surface area contributed by atoms with E-state index < -0.39 is 11.6 Å². The Labute approximate surface area is 204 Å². The summed E-state index contributed by atoms with van der Waals surface area (Å²) in [5.74, 6) is 0. The van der Waals surface area contributed by atoms with Gasteiger partial charge in [-0.05, 0) is 60.1 Å². The molecule has 0 N–H and O–H groups in total. The molecule has 1 aliphatic rings. The van der Waals surface area contributed by atoms with Crippen molar-refractivity contribution in [1.82, 2.24) is 0 Å². The first kappa shape index (κ1) is 23.6. The molecule has 168 valence electrons. The summed E-state index contributed by atoms with van der Waals surface area (Å²) in [6.45, 7) is 3.37. The molecular formula is C27H25Br2F3. The van der Waals surface area contributed by atoms with E-state index >= 15 is 0 Å². The van der Waals surface area contributed by atoms with Gasteiger partial charge in [-0.2, -0.15) is 13.2 Å². The van der Waals surface area contributed by atoms with Gasteiger partial charge in [0.15, 0.2) is 0 Å². The second-order valence-corrected chi connectivity index (χ2v) is 10.3. The SMILES string of the molecule is Cc1ccc2c(c1)C(CCBr)(CCBr)c1cc(C(C)(c3ccccc3)C(F)(F)F)ccc1-2. The van der Waals surface area contributed by atoms with Crippen LogP contribution in [0.1, 0.15) is 47.6 Å². The Morgan fingerprint density at radius 2 is 1.31 bits per heavy atom. The average molecular weight is 566 g/mol. The standard InChI is InChI=1S/C27H25Br2F3/c1-18-8-10-21-22-11-9-20(25(2,27(30,31)32)19-6-4-3-5-7-19)17-24(22)26(12-14-28,13-15-29)23(21)16-18/h3-11,16-17H,12-15H2,1-2H3. The molecule has 0 nitrogen and oxygen atoms in total. The minimum Gasteiger partial charge on any atom is -0.170 e. The van der Waals surface area contributed by atoms with E-state index in [1.165, 1.54) is 12.5 Å². The predicted molar refractivity (Wildman–Crippen MR) is 133 cm³/mol. The third-order valence-electron chi connectivity index (χ3n) is 7.05. The number of rotatable bonds is 6. The van der Waals surface area contributed by atoms with Crippen LogP contribution in [0, 0.1) is 6.92 Å². The van der Waals surface area contributed by atoms with Crippen molar-refractivity contribution in [3.05, 3.63) is 94.5 Å². The molecule has 0 spiro atoms. The zero-order valence-corrected chi connectivity index (χ0v) is 21.2. The van der Waals surface area contributed by atoms with Gasteiger partial charge in [0.1, 0.15) is 5.41 Å². The highest BCUT2D eigenvalue weighted by molar-refractivity contribution is 9.09. The van der Waals surface area contributed by atoms with E-state index in [-0.39, 0.29) is 16.5 Å². The lowest BCUT2D eigenvalue weighted by molar-refractivity contribution is -0.173. The monoisotopic (exact) mass is 564 g/mol. The van der Waals surface area contributed by atoms with Gasteiger partial charge < -0.3 is 0 Å². The molecule has 0 fully saturated rings. The van der Waals surface area contributed by atoms with Crippen molar-refractivity contribution in [3.63, 3.8) is 0 Å². The van der Waals surface area contributed by atoms with Gasteiger partial charge in [-0.15, -0.1) is 0 Å². The summed E-state index contributed by atoms with van der Waals surface area (Å²) in [7, 11) is 0. The Balaban J connectivity index is 2.00. The number of hydrogen-bond acceptors (Lipinski definition) is 0. The molecule has 1 aliphatic carbocycles. The van der Waals surface area contributed by atoms with E-state index in [0.717, 1.165) is 45.8 Å². The summed E-state index contributed by atoms with van der Waals surface area (Å²) in [6, 6.07) is 20.0. The topological polar surface area (TPSA) is 0 Å². The fourth-order valence-corrected chi connectivity index (χ4v) is 6.53. The van der Waals surface area contributed by atoms with Crippen molar-refractivity contribution in [2.75, 3.05) is 10.7 Å². The average Bonchev–Trinajstić information content (AvgIpc) is 3.02. The Bertz CT molecular complexity index is 1120. The van der Waals surface area contributed by atoms with Crippen LogP contribution in [-0.2, 0) is 10.8 Å². The maximum Gasteiger partial charge on any atom is 0.402 e. The smallest absolute Gasteiger partial charge is 0.170 e. The van der Waals surface area contributed by atoms with Gasteiger partial charge in [0, 0.05) is 16.1 Å². The number of aryl methyl sites for hydroxylation is 1. The molecule has 0 saturated carbocycles. The maximum atomic E-state index is 14.6. The van der Waals surface area contributed by atoms with Gasteiger partial charge in [0.25, 0.3) is 0 Å². The lowest BCUT2D eigenvalue weighted by Gasteiger charge is -2.36. The van der Waals surface area contributed by atoms with Crippen LogP contribution in [0.15, 0.2) is 66.7 Å². The lowest BCUT2D eigenvalue weighted by atomic mass is 9.70. The zero-order valence-electron chi connectivity index (χ0n) is 18.1. The number of fused-ring (bicyclic) bond motifs is 3. The van der Waals surface area contributed by atoms with Crippen molar-refractivity contribution >= 4 is 31.9 Å². The first-order valence-corrected chi connectivity index (χ1v) is 12.9. The molecule has 3 aromatic rings. The Morgan fingerprint density at radius 1 is 0.750 bits per heavy atom. The van der Waals surface area contributed by atoms with E-state index in [1.54, 1.807) is 36.4 Å². The molecule has 1 atom stereocenters. The van der Waals surface area contributed by atoms with Crippen LogP contribution in [0.4, 0.5) is 13.2 Å². The highest BCUT2D eigenvalue weighted by atomic mass is 79.9. The van der Waals surface area contributed by atoms with Gasteiger partial charge in [0.05, 0.1) is 0 Å². The second-order valence-electron chi connectivity index (χ2n) is 8.76. The Kier molecular flexibility index (Phi) is 6.36. The molecule has 0 heterocycles. The van der Waals surface area contributed by atoms with E-state index in [9.17, 15) is 13.2 Å². The molecule has 1 unspecified atom stereocenters. The summed E-state index contributed by atoms with van der Waals surface area (Å²) < 4.78 is 43.9. The minimum atomic E-state index is -4.43. The van der Waals surface area contributed by atoms with E-state index in [0.29, 0.717) is 0 Å². The van der Waals surface area contributed by atoms with Crippen LogP contribution in [0.3, 0.4) is 0 Å². The summed E-state index contributed by atoms with van der Waals surface area (Å²) in [6.07, 6.45) is -2.79. The fraction of sp³-hybridized carbons (Fsp3) is 0.333. The predicted octanol–water partition coefficient (Wildman–Crippen LogP) is 8.70. The number of alkyl halides is 5. The van der Waals surface area contributed by atoms with Crippen LogP contribution in [0.25, 0.3) is 11.1 Å². The largest absolute Gasteiger partial charge is 0.402 e. The minimum absolute atomic E-state index is 0.255. The summed E-state index contributed by atoms with van der Waals surface area (Å²) >= 11 is 7.24. The molecule has 0 saturated heterocycles. The Hall–Kier alpha value is -1.59. The first-order valence-electron chi connectivity index (χ1n) is 10.7. The van der Waals surface area contributed by atoms with Crippen molar-refractivity contribution in [2.45, 2.75) is 43.7 Å². The second kappa shape index (κ2) is 8.64. The van der Waals surface area contributed by atoms with Crippen LogP contribution in [-0.4, -0.2) is 16.8 Å². The Morgan fingerprint density at radius 3 is 1.88 bits per heavy atom. The molecule has 4 rings (SSSR count). The number of hydrogen-bond donors (Lipinski definition) is 0. The summed E-state index contributed by atoms with van der Waals surface area (Å²) in [5, 5.41) is 1.54.